The first-order chi connectivity index (χ1) is 15.2. The Labute approximate surface area is 180 Å². The van der Waals surface area contributed by atoms with Gasteiger partial charge in [0.25, 0.3) is 0 Å². The third kappa shape index (κ3) is 3.46. The SMILES string of the molecule is CCOc1ccc([C@H]2c3[nH]c4ccccc4c3CCN2C(=O)Cc2nonc2C)cc1. The van der Waals surface area contributed by atoms with Gasteiger partial charge >= 0.3 is 0 Å². The Kier molecular flexibility index (Phi) is 4.94. The van der Waals surface area contributed by atoms with Gasteiger partial charge in [-0.05, 0) is 49.6 Å². The van der Waals surface area contributed by atoms with Crippen molar-refractivity contribution in [1.29, 1.82) is 0 Å². The average molecular weight is 416 g/mol. The molecule has 0 aliphatic carbocycles. The molecule has 7 heteroatoms. The number of amides is 1. The standard InChI is InChI=1S/C24H24N4O3/c1-3-30-17-10-8-16(9-11-17)24-23-19(18-6-4-5-7-20(18)25-23)12-13-28(24)22(29)14-21-15(2)26-31-27-21/h4-11,24-25H,3,12-14H2,1-2H3/t24-/m0/s1. The van der Waals surface area contributed by atoms with Gasteiger partial charge in [0, 0.05) is 23.1 Å². The highest BCUT2D eigenvalue weighted by molar-refractivity contribution is 5.87. The van der Waals surface area contributed by atoms with Crippen LogP contribution in [0.1, 0.15) is 41.2 Å². The molecule has 2 aromatic carbocycles. The van der Waals surface area contributed by atoms with E-state index in [4.69, 9.17) is 9.37 Å². The normalized spacial score (nSPS) is 15.8. The van der Waals surface area contributed by atoms with Gasteiger partial charge in [0.15, 0.2) is 0 Å². The highest BCUT2D eigenvalue weighted by atomic mass is 16.6. The number of hydrogen-bond donors (Lipinski definition) is 1. The van der Waals surface area contributed by atoms with Crippen LogP contribution in [0.25, 0.3) is 10.9 Å². The molecule has 1 aliphatic rings. The summed E-state index contributed by atoms with van der Waals surface area (Å²) in [4.78, 5) is 18.9. The Hall–Kier alpha value is -3.61. The molecule has 5 rings (SSSR count). The number of hydrogen-bond acceptors (Lipinski definition) is 5. The molecule has 0 saturated heterocycles. The number of carbonyl (C=O) groups is 1. The molecule has 0 radical (unpaired) electrons. The van der Waals surface area contributed by atoms with E-state index in [1.54, 1.807) is 6.92 Å². The van der Waals surface area contributed by atoms with E-state index in [0.717, 1.165) is 28.9 Å². The molecular weight excluding hydrogens is 392 g/mol. The van der Waals surface area contributed by atoms with Crippen LogP contribution in [0.2, 0.25) is 0 Å². The Morgan fingerprint density at radius 2 is 2.00 bits per heavy atom. The summed E-state index contributed by atoms with van der Waals surface area (Å²) in [5.41, 5.74) is 5.71. The van der Waals surface area contributed by atoms with Gasteiger partial charge in [-0.1, -0.05) is 40.6 Å². The highest BCUT2D eigenvalue weighted by Gasteiger charge is 2.35. The van der Waals surface area contributed by atoms with Gasteiger partial charge in [-0.15, -0.1) is 0 Å². The van der Waals surface area contributed by atoms with Crippen LogP contribution in [0.4, 0.5) is 0 Å². The summed E-state index contributed by atoms with van der Waals surface area (Å²) >= 11 is 0. The maximum absolute atomic E-state index is 13.4. The van der Waals surface area contributed by atoms with Crippen molar-refractivity contribution in [2.24, 2.45) is 0 Å². The number of H-pyrrole nitrogens is 1. The summed E-state index contributed by atoms with van der Waals surface area (Å²) in [6, 6.07) is 16.1. The number of aromatic nitrogens is 3. The monoisotopic (exact) mass is 416 g/mol. The van der Waals surface area contributed by atoms with Crippen LogP contribution in [0.15, 0.2) is 53.2 Å². The van der Waals surface area contributed by atoms with Crippen LogP contribution in [0.5, 0.6) is 5.75 Å². The summed E-state index contributed by atoms with van der Waals surface area (Å²) in [6.07, 6.45) is 0.965. The van der Waals surface area contributed by atoms with E-state index in [1.165, 1.54) is 10.9 Å². The Morgan fingerprint density at radius 3 is 2.74 bits per heavy atom. The van der Waals surface area contributed by atoms with Gasteiger partial charge in [-0.25, -0.2) is 4.63 Å². The molecule has 4 aromatic rings. The van der Waals surface area contributed by atoms with Crippen LogP contribution in [-0.2, 0) is 17.6 Å². The number of ether oxygens (including phenoxy) is 1. The lowest BCUT2D eigenvalue weighted by atomic mass is 9.92. The van der Waals surface area contributed by atoms with Gasteiger partial charge in [-0.3, -0.25) is 4.79 Å². The minimum absolute atomic E-state index is 0.00184. The topological polar surface area (TPSA) is 84.2 Å². The molecule has 0 spiro atoms. The lowest BCUT2D eigenvalue weighted by Crippen LogP contribution is -2.41. The summed E-state index contributed by atoms with van der Waals surface area (Å²) in [7, 11) is 0. The number of benzene rings is 2. The predicted molar refractivity (Wildman–Crippen MR) is 116 cm³/mol. The number of carbonyl (C=O) groups excluding carboxylic acids is 1. The minimum Gasteiger partial charge on any atom is -0.494 e. The Morgan fingerprint density at radius 1 is 1.19 bits per heavy atom. The zero-order valence-electron chi connectivity index (χ0n) is 17.6. The number of fused-ring (bicyclic) bond motifs is 3. The van der Waals surface area contributed by atoms with Gasteiger partial charge in [-0.2, -0.15) is 0 Å². The molecular formula is C24H24N4O3. The van der Waals surface area contributed by atoms with Crippen LogP contribution in [-0.4, -0.2) is 39.3 Å². The largest absolute Gasteiger partial charge is 0.494 e. The molecule has 0 bridgehead atoms. The van der Waals surface area contributed by atoms with Crippen molar-refractivity contribution in [3.05, 3.63) is 76.7 Å². The molecule has 158 valence electrons. The van der Waals surface area contributed by atoms with Crippen molar-refractivity contribution in [2.75, 3.05) is 13.2 Å². The fourth-order valence-corrected chi connectivity index (χ4v) is 4.42. The van der Waals surface area contributed by atoms with Crippen molar-refractivity contribution in [2.45, 2.75) is 32.7 Å². The van der Waals surface area contributed by atoms with Gasteiger partial charge in [0.2, 0.25) is 5.91 Å². The zero-order chi connectivity index (χ0) is 21.4. The first kappa shape index (κ1) is 19.4. The number of aromatic amines is 1. The first-order valence-electron chi connectivity index (χ1n) is 10.6. The maximum atomic E-state index is 13.4. The third-order valence-electron chi connectivity index (χ3n) is 5.93. The maximum Gasteiger partial charge on any atom is 0.229 e. The molecule has 2 aromatic heterocycles. The van der Waals surface area contributed by atoms with Crippen molar-refractivity contribution in [1.82, 2.24) is 20.2 Å². The van der Waals surface area contributed by atoms with Crippen LogP contribution < -0.4 is 4.74 Å². The highest BCUT2D eigenvalue weighted by Crippen LogP contribution is 2.39. The van der Waals surface area contributed by atoms with Gasteiger partial charge in [0.05, 0.1) is 19.1 Å². The summed E-state index contributed by atoms with van der Waals surface area (Å²) in [5, 5.41) is 8.93. The fraction of sp³-hybridized carbons (Fsp3) is 0.292. The molecule has 3 heterocycles. The predicted octanol–water partition coefficient (Wildman–Crippen LogP) is 3.97. The Bertz CT molecular complexity index is 1230. The van der Waals surface area contributed by atoms with Crippen LogP contribution >= 0.6 is 0 Å². The molecule has 1 amide bonds. The van der Waals surface area contributed by atoms with Crippen molar-refractivity contribution < 1.29 is 14.2 Å². The Balaban J connectivity index is 1.57. The van der Waals surface area contributed by atoms with E-state index in [9.17, 15) is 4.79 Å². The number of aryl methyl sites for hydroxylation is 1. The lowest BCUT2D eigenvalue weighted by Gasteiger charge is -2.36. The van der Waals surface area contributed by atoms with E-state index in [1.807, 2.05) is 42.2 Å². The van der Waals surface area contributed by atoms with E-state index in [2.05, 4.69) is 33.5 Å². The molecule has 0 unspecified atom stereocenters. The van der Waals surface area contributed by atoms with E-state index >= 15 is 0 Å². The summed E-state index contributed by atoms with van der Waals surface area (Å²) in [5.74, 6) is 0.822. The number of para-hydroxylation sites is 1. The second-order valence-corrected chi connectivity index (χ2v) is 7.78. The second kappa shape index (κ2) is 7.91. The lowest BCUT2D eigenvalue weighted by molar-refractivity contribution is -0.132. The average Bonchev–Trinajstić information content (AvgIpc) is 3.37. The molecule has 1 aliphatic heterocycles. The van der Waals surface area contributed by atoms with E-state index in [-0.39, 0.29) is 18.4 Å². The van der Waals surface area contributed by atoms with Gasteiger partial charge < -0.3 is 14.6 Å². The van der Waals surface area contributed by atoms with Crippen LogP contribution in [0.3, 0.4) is 0 Å². The quantitative estimate of drug-likeness (QED) is 0.532. The molecule has 0 saturated carbocycles. The molecule has 7 nitrogen and oxygen atoms in total. The van der Waals surface area contributed by atoms with Gasteiger partial charge in [0.1, 0.15) is 17.1 Å². The smallest absolute Gasteiger partial charge is 0.229 e. The van der Waals surface area contributed by atoms with Crippen molar-refractivity contribution in [3.63, 3.8) is 0 Å². The van der Waals surface area contributed by atoms with Crippen molar-refractivity contribution >= 4 is 16.8 Å². The fourth-order valence-electron chi connectivity index (χ4n) is 4.42. The number of nitrogens with zero attached hydrogens (tertiary/aromatic N) is 3. The summed E-state index contributed by atoms with van der Waals surface area (Å²) in [6.45, 7) is 5.02. The zero-order valence-corrected chi connectivity index (χ0v) is 17.6. The minimum atomic E-state index is -0.209. The molecule has 31 heavy (non-hydrogen) atoms. The number of nitrogens with one attached hydrogen (secondary N) is 1. The van der Waals surface area contributed by atoms with E-state index in [0.29, 0.717) is 24.5 Å². The summed E-state index contributed by atoms with van der Waals surface area (Å²) < 4.78 is 10.4. The van der Waals surface area contributed by atoms with Crippen molar-refractivity contribution in [3.8, 4) is 5.75 Å². The van der Waals surface area contributed by atoms with E-state index < -0.39 is 0 Å². The molecule has 0 fully saturated rings. The van der Waals surface area contributed by atoms with Crippen LogP contribution in [0, 0.1) is 6.92 Å². The second-order valence-electron chi connectivity index (χ2n) is 7.78. The molecule has 1 N–H and O–H groups in total. The number of rotatable bonds is 5. The first-order valence-corrected chi connectivity index (χ1v) is 10.6. The third-order valence-corrected chi connectivity index (χ3v) is 5.93. The molecule has 1 atom stereocenters.